The van der Waals surface area contributed by atoms with Crippen molar-refractivity contribution in [3.8, 4) is 0 Å². The van der Waals surface area contributed by atoms with Gasteiger partial charge < -0.3 is 45.3 Å². The van der Waals surface area contributed by atoms with Crippen molar-refractivity contribution in [2.75, 3.05) is 112 Å². The fraction of sp³-hybridized carbons (Fsp3) is 0.488. The van der Waals surface area contributed by atoms with Gasteiger partial charge in [-0.2, -0.15) is 0 Å². The summed E-state index contributed by atoms with van der Waals surface area (Å²) < 4.78 is 17.7. The van der Waals surface area contributed by atoms with E-state index in [1.165, 1.54) is 44.6 Å². The highest BCUT2D eigenvalue weighted by Crippen LogP contribution is 2.29. The van der Waals surface area contributed by atoms with Crippen LogP contribution < -0.4 is 31.1 Å². The van der Waals surface area contributed by atoms with Crippen LogP contribution in [0, 0.1) is 0 Å². The number of hydrogen-bond acceptors (Lipinski definition) is 9. The first-order valence-electron chi connectivity index (χ1n) is 19.6. The molecule has 0 saturated carbocycles. The molecule has 0 amide bonds. The summed E-state index contributed by atoms with van der Waals surface area (Å²) in [6, 6.07) is 31.7. The van der Waals surface area contributed by atoms with Gasteiger partial charge in [-0.05, 0) is 129 Å². The third kappa shape index (κ3) is 12.7. The number of rotatable bonds is 0. The number of benzene rings is 4. The molecule has 0 fully saturated rings. The molecule has 4 aromatic carbocycles. The highest BCUT2D eigenvalue weighted by molar-refractivity contribution is 5.89. The summed E-state index contributed by atoms with van der Waals surface area (Å²) in [5.74, 6) is 0. The van der Waals surface area contributed by atoms with Crippen molar-refractivity contribution in [3.05, 3.63) is 96.1 Å². The van der Waals surface area contributed by atoms with Crippen molar-refractivity contribution >= 4 is 33.5 Å². The Labute approximate surface area is 311 Å². The van der Waals surface area contributed by atoms with Gasteiger partial charge in [0.2, 0.25) is 0 Å². The first kappa shape index (κ1) is 37.9. The van der Waals surface area contributed by atoms with Crippen LogP contribution in [-0.2, 0) is 27.3 Å². The second-order valence-electron chi connectivity index (χ2n) is 13.9. The van der Waals surface area contributed by atoms with Crippen LogP contribution in [0.15, 0.2) is 84.9 Å². The molecule has 0 radical (unpaired) electrons. The topological polar surface area (TPSA) is 82.3 Å². The summed E-state index contributed by atoms with van der Waals surface area (Å²) >= 11 is 0. The molecule has 9 nitrogen and oxygen atoms in total. The molecule has 4 aromatic rings. The minimum atomic E-state index is 0.590. The number of hydrogen-bond donors (Lipinski definition) is 4. The van der Waals surface area contributed by atoms with E-state index in [-0.39, 0.29) is 0 Å². The summed E-state index contributed by atoms with van der Waals surface area (Å²) in [7, 11) is 0. The molecule has 0 atom stereocenters. The fourth-order valence-electron chi connectivity index (χ4n) is 6.95. The SMILES string of the molecule is c1cc2cc(c1)NCCCNCCCNCCCNc1cccc(c1)CN1CCCOCCOCCOCCCN(C2)c2ccc3ccc1cc3c2. The zero-order valence-electron chi connectivity index (χ0n) is 31.1. The highest BCUT2D eigenvalue weighted by atomic mass is 16.5. The van der Waals surface area contributed by atoms with Crippen molar-refractivity contribution in [2.45, 2.75) is 45.2 Å². The molecule has 280 valence electrons. The van der Waals surface area contributed by atoms with E-state index in [0.29, 0.717) is 39.6 Å². The smallest absolute Gasteiger partial charge is 0.0701 e. The minimum absolute atomic E-state index is 0.590. The normalized spacial score (nSPS) is 18.9. The van der Waals surface area contributed by atoms with Crippen molar-refractivity contribution in [1.29, 1.82) is 0 Å². The molecular weight excluding hydrogens is 649 g/mol. The van der Waals surface area contributed by atoms with E-state index in [2.05, 4.69) is 116 Å². The quantitative estimate of drug-likeness (QED) is 0.156. The standard InChI is InChI=1S/C43H60N6O3/c1-8-36-30-40(10-1)46-20-4-18-44-16-3-17-45-19-5-21-47-41-11-2-9-37(31-41)35-49-23-7-25-51-27-29-52-28-26-50-24-6-22-48(34-36)42-14-12-38-13-15-43(49)33-39(38)32-42/h1-2,8-15,30-33,44-47H,3-7,16-29,34-35H2. The van der Waals surface area contributed by atoms with Gasteiger partial charge in [0.15, 0.2) is 0 Å². The molecule has 0 aromatic heterocycles. The Morgan fingerprint density at radius 2 is 0.885 bits per heavy atom. The van der Waals surface area contributed by atoms with Crippen LogP contribution >= 0.6 is 0 Å². The second kappa shape index (κ2) is 21.6. The van der Waals surface area contributed by atoms with Crippen LogP contribution in [0.1, 0.15) is 43.2 Å². The number of nitrogens with zero attached hydrogens (tertiary/aromatic N) is 2. The molecular formula is C43H60N6O3. The van der Waals surface area contributed by atoms with Gasteiger partial charge in [0.05, 0.1) is 26.4 Å². The lowest BCUT2D eigenvalue weighted by molar-refractivity contribution is 0.0142. The van der Waals surface area contributed by atoms with E-state index in [1.807, 2.05) is 0 Å². The van der Waals surface area contributed by atoms with E-state index < -0.39 is 0 Å². The number of fused-ring (bicyclic) bond motifs is 4. The van der Waals surface area contributed by atoms with E-state index in [0.717, 1.165) is 97.6 Å². The maximum Gasteiger partial charge on any atom is 0.0701 e. The predicted octanol–water partition coefficient (Wildman–Crippen LogP) is 6.88. The minimum Gasteiger partial charge on any atom is -0.385 e. The maximum absolute atomic E-state index is 5.97. The van der Waals surface area contributed by atoms with Crippen molar-refractivity contribution in [3.63, 3.8) is 0 Å². The van der Waals surface area contributed by atoms with Crippen LogP contribution in [0.4, 0.5) is 22.7 Å². The molecule has 2 aliphatic rings. The summed E-state index contributed by atoms with van der Waals surface area (Å²) in [4.78, 5) is 5.01. The van der Waals surface area contributed by atoms with Gasteiger partial charge in [-0.3, -0.25) is 0 Å². The van der Waals surface area contributed by atoms with Crippen LogP contribution in [0.2, 0.25) is 0 Å². The lowest BCUT2D eigenvalue weighted by Gasteiger charge is -2.27. The zero-order chi connectivity index (χ0) is 35.5. The lowest BCUT2D eigenvalue weighted by Crippen LogP contribution is -2.26. The summed E-state index contributed by atoms with van der Waals surface area (Å²) in [6.07, 6.45) is 5.19. The highest BCUT2D eigenvalue weighted by Gasteiger charge is 2.13. The molecule has 4 N–H and O–H groups in total. The van der Waals surface area contributed by atoms with Crippen LogP contribution in [0.25, 0.3) is 10.8 Å². The molecule has 0 aliphatic carbocycles. The summed E-state index contributed by atoms with van der Waals surface area (Å²) in [6.45, 7) is 13.3. The third-order valence-corrected chi connectivity index (χ3v) is 9.74. The van der Waals surface area contributed by atoms with Gasteiger partial charge in [0.25, 0.3) is 0 Å². The Balaban J connectivity index is 1.28. The van der Waals surface area contributed by atoms with Crippen LogP contribution in [-0.4, -0.2) is 92.0 Å². The van der Waals surface area contributed by atoms with Crippen molar-refractivity contribution < 1.29 is 14.2 Å². The average Bonchev–Trinajstić information content (AvgIpc) is 3.16. The fourth-order valence-corrected chi connectivity index (χ4v) is 6.95. The molecule has 52 heavy (non-hydrogen) atoms. The monoisotopic (exact) mass is 708 g/mol. The number of ether oxygens (including phenoxy) is 3. The Hall–Kier alpha value is -3.86. The first-order chi connectivity index (χ1) is 25.8. The lowest BCUT2D eigenvalue weighted by atomic mass is 10.1. The summed E-state index contributed by atoms with van der Waals surface area (Å²) in [5.41, 5.74) is 7.42. The van der Waals surface area contributed by atoms with Crippen molar-refractivity contribution in [1.82, 2.24) is 10.6 Å². The molecule has 0 spiro atoms. The van der Waals surface area contributed by atoms with Gasteiger partial charge in [0.1, 0.15) is 0 Å². The Morgan fingerprint density at radius 1 is 0.423 bits per heavy atom. The molecule has 9 bridgehead atoms. The van der Waals surface area contributed by atoms with Crippen LogP contribution in [0.3, 0.4) is 0 Å². The first-order valence-corrected chi connectivity index (χ1v) is 19.6. The van der Waals surface area contributed by atoms with Gasteiger partial charge in [0, 0.05) is 75.2 Å². The van der Waals surface area contributed by atoms with Crippen LogP contribution in [0.5, 0.6) is 0 Å². The van der Waals surface area contributed by atoms with E-state index in [1.54, 1.807) is 0 Å². The Bertz CT molecular complexity index is 1510. The summed E-state index contributed by atoms with van der Waals surface area (Å²) in [5, 5.41) is 17.0. The van der Waals surface area contributed by atoms with Gasteiger partial charge in [-0.1, -0.05) is 36.4 Å². The second-order valence-corrected chi connectivity index (χ2v) is 13.9. The molecule has 6 rings (SSSR count). The molecule has 0 unspecified atom stereocenters. The van der Waals surface area contributed by atoms with Gasteiger partial charge >= 0.3 is 0 Å². The van der Waals surface area contributed by atoms with Gasteiger partial charge in [-0.15, -0.1) is 0 Å². The Morgan fingerprint density at radius 3 is 1.38 bits per heavy atom. The number of anilines is 4. The maximum atomic E-state index is 5.97. The van der Waals surface area contributed by atoms with Gasteiger partial charge in [-0.25, -0.2) is 0 Å². The molecule has 0 saturated heterocycles. The molecule has 2 heterocycles. The third-order valence-electron chi connectivity index (χ3n) is 9.74. The van der Waals surface area contributed by atoms with E-state index in [4.69, 9.17) is 14.2 Å². The average molecular weight is 709 g/mol. The molecule has 9 heteroatoms. The Kier molecular flexibility index (Phi) is 15.7. The zero-order valence-corrected chi connectivity index (χ0v) is 31.1. The number of nitrogens with one attached hydrogen (secondary N) is 4. The van der Waals surface area contributed by atoms with E-state index in [9.17, 15) is 0 Å². The molecule has 2 aliphatic heterocycles. The van der Waals surface area contributed by atoms with Crippen molar-refractivity contribution in [2.24, 2.45) is 0 Å². The van der Waals surface area contributed by atoms with E-state index >= 15 is 0 Å². The predicted molar refractivity (Wildman–Crippen MR) is 217 cm³/mol. The largest absolute Gasteiger partial charge is 0.385 e.